The predicted octanol–water partition coefficient (Wildman–Crippen LogP) is 7.67. The van der Waals surface area contributed by atoms with E-state index < -0.39 is 5.97 Å². The zero-order valence-corrected chi connectivity index (χ0v) is 28.4. The lowest BCUT2D eigenvalue weighted by atomic mass is 9.96. The van der Waals surface area contributed by atoms with Crippen LogP contribution in [0.2, 0.25) is 0 Å². The highest BCUT2D eigenvalue weighted by Gasteiger charge is 2.19. The van der Waals surface area contributed by atoms with Crippen molar-refractivity contribution in [2.45, 2.75) is 40.2 Å². The van der Waals surface area contributed by atoms with Crippen molar-refractivity contribution in [2.75, 3.05) is 13.7 Å². The van der Waals surface area contributed by atoms with E-state index in [1.165, 1.54) is 10.7 Å². The van der Waals surface area contributed by atoms with Gasteiger partial charge < -0.3 is 19.3 Å². The molecule has 0 amide bonds. The predicted molar refractivity (Wildman–Crippen MR) is 188 cm³/mol. The minimum atomic E-state index is -0.999. The highest BCUT2D eigenvalue weighted by molar-refractivity contribution is 14.1. The molecule has 0 radical (unpaired) electrons. The molecule has 46 heavy (non-hydrogen) atoms. The van der Waals surface area contributed by atoms with E-state index >= 15 is 0 Å². The van der Waals surface area contributed by atoms with E-state index in [1.54, 1.807) is 37.6 Å². The second-order valence-electron chi connectivity index (χ2n) is 10.9. The summed E-state index contributed by atoms with van der Waals surface area (Å²) >= 11 is 2.17. The van der Waals surface area contributed by atoms with E-state index in [9.17, 15) is 14.7 Å². The van der Waals surface area contributed by atoms with Crippen molar-refractivity contribution >= 4 is 45.7 Å². The molecule has 5 aromatic rings. The fourth-order valence-corrected chi connectivity index (χ4v) is 5.89. The minimum absolute atomic E-state index is 0.158. The minimum Gasteiger partial charge on any atom is -0.496 e. The molecule has 1 N–H and O–H groups in total. The lowest BCUT2D eigenvalue weighted by Crippen LogP contribution is -2.21. The lowest BCUT2D eigenvalue weighted by Gasteiger charge is -2.17. The van der Waals surface area contributed by atoms with Gasteiger partial charge in [0.25, 0.3) is 5.56 Å². The van der Waals surface area contributed by atoms with Crippen LogP contribution in [0.15, 0.2) is 82.7 Å². The van der Waals surface area contributed by atoms with Crippen molar-refractivity contribution in [1.82, 2.24) is 9.66 Å². The summed E-state index contributed by atoms with van der Waals surface area (Å²) in [6.07, 6.45) is 1.61. The van der Waals surface area contributed by atoms with Crippen LogP contribution < -0.4 is 19.8 Å². The molecule has 236 valence electrons. The molecule has 1 heterocycles. The number of nitrogens with zero attached hydrogens (tertiary/aromatic N) is 3. The number of carboxylic acid groups (broad SMARTS) is 1. The van der Waals surface area contributed by atoms with E-state index in [1.807, 2.05) is 56.3 Å². The molecule has 0 aliphatic carbocycles. The first-order valence-electron chi connectivity index (χ1n) is 14.8. The number of carbonyl (C=O) groups is 1. The van der Waals surface area contributed by atoms with Gasteiger partial charge in [-0.2, -0.15) is 9.78 Å². The SMILES string of the molecule is CCOc1cc(C=Nn2c(-c3cc(C(C)C)c(OC)cc3C)nc3ccccc3c2=O)cc(I)c1OCc1cccc(C(=O)O)c1. The van der Waals surface area contributed by atoms with Gasteiger partial charge in [0, 0.05) is 5.56 Å². The highest BCUT2D eigenvalue weighted by Crippen LogP contribution is 2.36. The van der Waals surface area contributed by atoms with Crippen LogP contribution in [0, 0.1) is 10.5 Å². The first-order valence-corrected chi connectivity index (χ1v) is 15.9. The number of fused-ring (bicyclic) bond motifs is 1. The summed E-state index contributed by atoms with van der Waals surface area (Å²) in [7, 11) is 1.65. The van der Waals surface area contributed by atoms with Crippen molar-refractivity contribution in [1.29, 1.82) is 0 Å². The number of ether oxygens (including phenoxy) is 3. The Kier molecular flexibility index (Phi) is 10.1. The molecule has 0 saturated carbocycles. The maximum Gasteiger partial charge on any atom is 0.335 e. The van der Waals surface area contributed by atoms with E-state index in [-0.39, 0.29) is 23.6 Å². The number of halogens is 1. The van der Waals surface area contributed by atoms with Gasteiger partial charge in [0.15, 0.2) is 17.3 Å². The first kappa shape index (κ1) is 32.7. The smallest absolute Gasteiger partial charge is 0.335 e. The molecule has 1 aromatic heterocycles. The van der Waals surface area contributed by atoms with Gasteiger partial charge in [-0.15, -0.1) is 0 Å². The molecule has 10 heteroatoms. The van der Waals surface area contributed by atoms with Crippen LogP contribution in [0.1, 0.15) is 59.3 Å². The Morgan fingerprint density at radius 2 is 1.83 bits per heavy atom. The second kappa shape index (κ2) is 14.2. The number of hydrogen-bond donors (Lipinski definition) is 1. The van der Waals surface area contributed by atoms with Gasteiger partial charge in [-0.1, -0.05) is 38.1 Å². The number of hydrogen-bond acceptors (Lipinski definition) is 7. The molecule has 0 aliphatic heterocycles. The van der Waals surface area contributed by atoms with Crippen LogP contribution in [0.3, 0.4) is 0 Å². The third kappa shape index (κ3) is 6.91. The highest BCUT2D eigenvalue weighted by atomic mass is 127. The zero-order chi connectivity index (χ0) is 33.0. The van der Waals surface area contributed by atoms with Gasteiger partial charge in [-0.25, -0.2) is 9.78 Å². The molecule has 0 unspecified atom stereocenters. The van der Waals surface area contributed by atoms with Gasteiger partial charge >= 0.3 is 5.97 Å². The van der Waals surface area contributed by atoms with Crippen LogP contribution in [-0.2, 0) is 6.61 Å². The van der Waals surface area contributed by atoms with E-state index in [4.69, 9.17) is 19.2 Å². The van der Waals surface area contributed by atoms with Gasteiger partial charge in [-0.05, 0) is 113 Å². The number of aryl methyl sites for hydroxylation is 1. The summed E-state index contributed by atoms with van der Waals surface area (Å²) in [5, 5.41) is 14.5. The topological polar surface area (TPSA) is 112 Å². The fourth-order valence-electron chi connectivity index (χ4n) is 5.11. The van der Waals surface area contributed by atoms with E-state index in [2.05, 4.69) is 41.5 Å². The maximum absolute atomic E-state index is 13.9. The number of rotatable bonds is 11. The molecule has 0 spiro atoms. The molecule has 0 saturated heterocycles. The van der Waals surface area contributed by atoms with Crippen LogP contribution in [0.25, 0.3) is 22.3 Å². The molecule has 0 bridgehead atoms. The number of benzene rings is 4. The summed E-state index contributed by atoms with van der Waals surface area (Å²) in [6, 6.07) is 21.5. The van der Waals surface area contributed by atoms with Crippen LogP contribution in [0.4, 0.5) is 0 Å². The monoisotopic (exact) mass is 731 g/mol. The third-order valence-electron chi connectivity index (χ3n) is 7.40. The normalized spacial score (nSPS) is 11.4. The fraction of sp³-hybridized carbons (Fsp3) is 0.222. The first-order chi connectivity index (χ1) is 22.1. The van der Waals surface area contributed by atoms with Crippen molar-refractivity contribution in [3.8, 4) is 28.6 Å². The van der Waals surface area contributed by atoms with Crippen LogP contribution in [-0.4, -0.2) is 40.7 Å². The Morgan fingerprint density at radius 3 is 2.54 bits per heavy atom. The molecule has 0 atom stereocenters. The van der Waals surface area contributed by atoms with Crippen molar-refractivity contribution in [2.24, 2.45) is 5.10 Å². The number of aromatic nitrogens is 2. The van der Waals surface area contributed by atoms with Crippen molar-refractivity contribution in [3.63, 3.8) is 0 Å². The Labute approximate surface area is 280 Å². The van der Waals surface area contributed by atoms with Gasteiger partial charge in [-0.3, -0.25) is 4.79 Å². The molecular weight excluding hydrogens is 697 g/mol. The third-order valence-corrected chi connectivity index (χ3v) is 8.21. The van der Waals surface area contributed by atoms with Gasteiger partial charge in [0.2, 0.25) is 0 Å². The molecule has 0 aliphatic rings. The summed E-state index contributed by atoms with van der Waals surface area (Å²) in [5.41, 5.74) is 4.57. The number of carboxylic acids is 1. The summed E-state index contributed by atoms with van der Waals surface area (Å²) in [5.74, 6) is 1.41. The molecular formula is C36H34IN3O6. The number of para-hydroxylation sites is 1. The molecule has 4 aromatic carbocycles. The Hall–Kier alpha value is -4.71. The van der Waals surface area contributed by atoms with E-state index in [0.29, 0.717) is 46.0 Å². The molecule has 9 nitrogen and oxygen atoms in total. The average Bonchev–Trinajstić information content (AvgIpc) is 3.04. The number of aromatic carboxylic acids is 1. The Bertz CT molecular complexity index is 2020. The maximum atomic E-state index is 13.9. The molecule has 0 fully saturated rings. The average molecular weight is 732 g/mol. The standard InChI is InChI=1S/C36H34IN3O6/c1-6-45-32-17-24(16-29(37)33(32)46-20-23-10-9-11-25(15-23)36(42)43)19-38-40-34(39-30-13-8-7-12-26(30)35(40)41)28-18-27(21(2)3)31(44-5)14-22(28)4/h7-19,21H,6,20H2,1-5H3,(H,42,43). The Balaban J connectivity index is 1.57. The van der Waals surface area contributed by atoms with Crippen molar-refractivity contribution in [3.05, 3.63) is 115 Å². The largest absolute Gasteiger partial charge is 0.496 e. The number of methoxy groups -OCH3 is 1. The van der Waals surface area contributed by atoms with Crippen LogP contribution in [0.5, 0.6) is 17.2 Å². The zero-order valence-electron chi connectivity index (χ0n) is 26.2. The summed E-state index contributed by atoms with van der Waals surface area (Å²) in [4.78, 5) is 30.2. The van der Waals surface area contributed by atoms with Gasteiger partial charge in [0.1, 0.15) is 12.4 Å². The summed E-state index contributed by atoms with van der Waals surface area (Å²) in [6.45, 7) is 8.58. The van der Waals surface area contributed by atoms with Crippen LogP contribution >= 0.6 is 22.6 Å². The van der Waals surface area contributed by atoms with Gasteiger partial charge in [0.05, 0.1) is 40.0 Å². The summed E-state index contributed by atoms with van der Waals surface area (Å²) < 4.78 is 19.8. The van der Waals surface area contributed by atoms with E-state index in [0.717, 1.165) is 26.0 Å². The Morgan fingerprint density at radius 1 is 1.04 bits per heavy atom. The lowest BCUT2D eigenvalue weighted by molar-refractivity contribution is 0.0696. The second-order valence-corrected chi connectivity index (χ2v) is 12.1. The quantitative estimate of drug-likeness (QED) is 0.110. The van der Waals surface area contributed by atoms with Crippen molar-refractivity contribution < 1.29 is 24.1 Å². The molecule has 5 rings (SSSR count).